The van der Waals surface area contributed by atoms with E-state index in [1.807, 2.05) is 7.05 Å². The highest BCUT2D eigenvalue weighted by molar-refractivity contribution is 4.78. The Labute approximate surface area is 75.9 Å². The number of rotatable bonds is 1. The van der Waals surface area contributed by atoms with E-state index in [4.69, 9.17) is 5.73 Å². The van der Waals surface area contributed by atoms with E-state index in [1.165, 1.54) is 44.9 Å². The van der Waals surface area contributed by atoms with Gasteiger partial charge in [-0.05, 0) is 32.7 Å². The average molecular weight is 170 g/mol. The third kappa shape index (κ3) is 4.73. The topological polar surface area (TPSA) is 38.0 Å². The maximum absolute atomic E-state index is 5.63. The van der Waals surface area contributed by atoms with E-state index in [0.29, 0.717) is 6.04 Å². The highest BCUT2D eigenvalue weighted by atomic mass is 14.9. The molecule has 0 spiro atoms. The van der Waals surface area contributed by atoms with Gasteiger partial charge in [0, 0.05) is 12.1 Å². The van der Waals surface area contributed by atoms with Crippen molar-refractivity contribution in [3.8, 4) is 0 Å². The fourth-order valence-corrected chi connectivity index (χ4v) is 1.51. The molecule has 0 bridgehead atoms. The molecule has 2 nitrogen and oxygen atoms in total. The van der Waals surface area contributed by atoms with Crippen molar-refractivity contribution in [2.24, 2.45) is 5.73 Å². The predicted octanol–water partition coefficient (Wildman–Crippen LogP) is 1.65. The maximum Gasteiger partial charge on any atom is 0.00652 e. The normalized spacial score (nSPS) is 24.5. The minimum absolute atomic E-state index is 0.536. The zero-order valence-electron chi connectivity index (χ0n) is 8.18. The summed E-state index contributed by atoms with van der Waals surface area (Å²) in [5, 5.41) is 3.14. The zero-order chi connectivity index (χ0) is 8.81. The van der Waals surface area contributed by atoms with Crippen molar-refractivity contribution < 1.29 is 0 Å². The van der Waals surface area contributed by atoms with Crippen LogP contribution in [0.2, 0.25) is 0 Å². The van der Waals surface area contributed by atoms with Crippen molar-refractivity contribution in [2.75, 3.05) is 7.05 Å². The Morgan fingerprint density at radius 3 is 1.75 bits per heavy atom. The molecule has 0 aromatic rings. The number of hydrogen-bond donors (Lipinski definition) is 2. The number of nitrogens with two attached hydrogens (primary N) is 1. The van der Waals surface area contributed by atoms with Gasteiger partial charge in [-0.3, -0.25) is 0 Å². The molecule has 2 heteroatoms. The van der Waals surface area contributed by atoms with Gasteiger partial charge in [0.05, 0.1) is 0 Å². The molecule has 0 amide bonds. The van der Waals surface area contributed by atoms with Crippen LogP contribution in [0.25, 0.3) is 0 Å². The fourth-order valence-electron chi connectivity index (χ4n) is 1.51. The van der Waals surface area contributed by atoms with Gasteiger partial charge in [-0.15, -0.1) is 0 Å². The summed E-state index contributed by atoms with van der Waals surface area (Å²) in [5.74, 6) is 0. The summed E-state index contributed by atoms with van der Waals surface area (Å²) in [7, 11) is 2.01. The lowest BCUT2D eigenvalue weighted by molar-refractivity contribution is 0.441. The van der Waals surface area contributed by atoms with Gasteiger partial charge >= 0.3 is 0 Å². The summed E-state index contributed by atoms with van der Waals surface area (Å²) in [6.07, 6.45) is 9.46. The Hall–Kier alpha value is -0.0800. The highest BCUT2D eigenvalue weighted by Crippen LogP contribution is 2.17. The minimum Gasteiger partial charge on any atom is -0.328 e. The van der Waals surface area contributed by atoms with Crippen LogP contribution in [-0.2, 0) is 0 Å². The molecule has 2 fully saturated rings. The van der Waals surface area contributed by atoms with Crippen LogP contribution in [0.3, 0.4) is 0 Å². The van der Waals surface area contributed by atoms with Crippen LogP contribution in [0.5, 0.6) is 0 Å². The Morgan fingerprint density at radius 1 is 1.00 bits per heavy atom. The quantitative estimate of drug-likeness (QED) is 0.628. The molecule has 12 heavy (non-hydrogen) atoms. The van der Waals surface area contributed by atoms with Crippen LogP contribution in [0.15, 0.2) is 0 Å². The second kappa shape index (κ2) is 5.55. The zero-order valence-corrected chi connectivity index (χ0v) is 8.18. The van der Waals surface area contributed by atoms with Gasteiger partial charge in [-0.25, -0.2) is 0 Å². The molecule has 72 valence electrons. The van der Waals surface area contributed by atoms with Gasteiger partial charge in [0.25, 0.3) is 0 Å². The van der Waals surface area contributed by atoms with E-state index in [-0.39, 0.29) is 0 Å². The second-order valence-corrected chi connectivity index (χ2v) is 3.96. The van der Waals surface area contributed by atoms with Crippen LogP contribution < -0.4 is 11.1 Å². The standard InChI is InChI=1S/C6H13N.C4H9N/c7-6-4-2-1-3-5-6;1-5-4-2-3-4/h6H,1-5,7H2;4-5H,2-3H2,1H3. The van der Waals surface area contributed by atoms with Crippen LogP contribution in [0.4, 0.5) is 0 Å². The Bertz CT molecular complexity index is 104. The minimum atomic E-state index is 0.536. The maximum atomic E-state index is 5.63. The first-order valence-corrected chi connectivity index (χ1v) is 5.26. The van der Waals surface area contributed by atoms with Crippen molar-refractivity contribution in [1.29, 1.82) is 0 Å². The lowest BCUT2D eigenvalue weighted by atomic mass is 9.97. The van der Waals surface area contributed by atoms with Crippen LogP contribution in [0, 0.1) is 0 Å². The SMILES string of the molecule is CNC1CC1.NC1CCCCC1. The molecule has 0 aliphatic heterocycles. The van der Waals surface area contributed by atoms with Gasteiger partial charge in [-0.2, -0.15) is 0 Å². The molecule has 0 aromatic carbocycles. The summed E-state index contributed by atoms with van der Waals surface area (Å²) in [4.78, 5) is 0. The van der Waals surface area contributed by atoms with Crippen LogP contribution in [0.1, 0.15) is 44.9 Å². The third-order valence-electron chi connectivity index (χ3n) is 2.64. The lowest BCUT2D eigenvalue weighted by Gasteiger charge is -2.15. The molecular weight excluding hydrogens is 148 g/mol. The van der Waals surface area contributed by atoms with Crippen molar-refractivity contribution in [2.45, 2.75) is 57.0 Å². The third-order valence-corrected chi connectivity index (χ3v) is 2.64. The van der Waals surface area contributed by atoms with E-state index in [1.54, 1.807) is 0 Å². The molecule has 0 radical (unpaired) electrons. The summed E-state index contributed by atoms with van der Waals surface area (Å²) >= 11 is 0. The molecule has 2 aliphatic rings. The monoisotopic (exact) mass is 170 g/mol. The first-order valence-electron chi connectivity index (χ1n) is 5.26. The molecule has 2 rings (SSSR count). The average Bonchev–Trinajstić information content (AvgIpc) is 2.89. The first-order chi connectivity index (χ1) is 5.83. The molecule has 2 saturated carbocycles. The summed E-state index contributed by atoms with van der Waals surface area (Å²) in [6.45, 7) is 0. The predicted molar refractivity (Wildman–Crippen MR) is 53.1 cm³/mol. The van der Waals surface area contributed by atoms with E-state index < -0.39 is 0 Å². The summed E-state index contributed by atoms with van der Waals surface area (Å²) in [5.41, 5.74) is 5.63. The highest BCUT2D eigenvalue weighted by Gasteiger charge is 2.17. The Morgan fingerprint density at radius 2 is 1.58 bits per heavy atom. The molecule has 2 aliphatic carbocycles. The van der Waals surface area contributed by atoms with E-state index in [2.05, 4.69) is 5.32 Å². The summed E-state index contributed by atoms with van der Waals surface area (Å²) < 4.78 is 0. The van der Waals surface area contributed by atoms with Gasteiger partial charge in [0.15, 0.2) is 0 Å². The lowest BCUT2D eigenvalue weighted by Crippen LogP contribution is -2.22. The van der Waals surface area contributed by atoms with E-state index in [9.17, 15) is 0 Å². The van der Waals surface area contributed by atoms with Gasteiger partial charge in [0.2, 0.25) is 0 Å². The van der Waals surface area contributed by atoms with Crippen molar-refractivity contribution in [1.82, 2.24) is 5.32 Å². The Kier molecular flexibility index (Phi) is 4.62. The first kappa shape index (κ1) is 10.0. The van der Waals surface area contributed by atoms with Crippen LogP contribution >= 0.6 is 0 Å². The molecule has 0 aromatic heterocycles. The van der Waals surface area contributed by atoms with Crippen molar-refractivity contribution >= 4 is 0 Å². The number of hydrogen-bond acceptors (Lipinski definition) is 2. The molecule has 0 unspecified atom stereocenters. The molecule has 0 saturated heterocycles. The van der Waals surface area contributed by atoms with Crippen molar-refractivity contribution in [3.63, 3.8) is 0 Å². The molecule has 3 N–H and O–H groups in total. The fraction of sp³-hybridized carbons (Fsp3) is 1.00. The largest absolute Gasteiger partial charge is 0.328 e. The summed E-state index contributed by atoms with van der Waals surface area (Å²) in [6, 6.07) is 1.42. The van der Waals surface area contributed by atoms with Gasteiger partial charge < -0.3 is 11.1 Å². The molecular formula is C10H22N2. The Balaban J connectivity index is 0.000000127. The second-order valence-electron chi connectivity index (χ2n) is 3.96. The smallest absolute Gasteiger partial charge is 0.00652 e. The van der Waals surface area contributed by atoms with Crippen molar-refractivity contribution in [3.05, 3.63) is 0 Å². The number of nitrogens with one attached hydrogen (secondary N) is 1. The van der Waals surface area contributed by atoms with E-state index in [0.717, 1.165) is 6.04 Å². The molecule has 0 atom stereocenters. The van der Waals surface area contributed by atoms with Crippen LogP contribution in [-0.4, -0.2) is 19.1 Å². The van der Waals surface area contributed by atoms with Gasteiger partial charge in [-0.1, -0.05) is 19.3 Å². The molecule has 0 heterocycles. The van der Waals surface area contributed by atoms with Gasteiger partial charge in [0.1, 0.15) is 0 Å². The van der Waals surface area contributed by atoms with E-state index >= 15 is 0 Å².